The predicted molar refractivity (Wildman–Crippen MR) is 105 cm³/mol. The van der Waals surface area contributed by atoms with Crippen molar-refractivity contribution in [1.29, 1.82) is 0 Å². The first-order valence-electron chi connectivity index (χ1n) is 8.76. The second-order valence-electron chi connectivity index (χ2n) is 6.63. The largest absolute Gasteiger partial charge is 0.506 e. The first-order valence-corrected chi connectivity index (χ1v) is 8.76. The lowest BCUT2D eigenvalue weighted by Gasteiger charge is -2.21. The van der Waals surface area contributed by atoms with Crippen molar-refractivity contribution in [1.82, 2.24) is 19.6 Å². The summed E-state index contributed by atoms with van der Waals surface area (Å²) >= 11 is 0. The maximum Gasteiger partial charge on any atom is 0.162 e. The van der Waals surface area contributed by atoms with E-state index in [1.165, 1.54) is 6.20 Å². The summed E-state index contributed by atoms with van der Waals surface area (Å²) in [5, 5.41) is 17.4. The van der Waals surface area contributed by atoms with E-state index in [1.54, 1.807) is 22.8 Å². The number of pyridine rings is 1. The summed E-state index contributed by atoms with van der Waals surface area (Å²) in [6, 6.07) is 9.91. The standard InChI is InChI=1S/C21H17N5O/c1-13-5-7-17-16(3-2-4-20(17)25-13)18-11-24-26-12-14(9-23-21(18)26)19-8-6-15(27)10-22-19/h2-13,25,27H,1H3. The van der Waals surface area contributed by atoms with Crippen molar-refractivity contribution in [2.75, 3.05) is 5.32 Å². The number of hydrogen-bond acceptors (Lipinski definition) is 5. The van der Waals surface area contributed by atoms with Crippen LogP contribution in [0.5, 0.6) is 5.75 Å². The highest BCUT2D eigenvalue weighted by atomic mass is 16.3. The molecule has 1 atom stereocenters. The van der Waals surface area contributed by atoms with E-state index in [-0.39, 0.29) is 5.75 Å². The molecule has 0 fully saturated rings. The van der Waals surface area contributed by atoms with Crippen molar-refractivity contribution in [3.05, 3.63) is 66.8 Å². The third-order valence-corrected chi connectivity index (χ3v) is 4.73. The molecule has 3 aromatic heterocycles. The van der Waals surface area contributed by atoms with Gasteiger partial charge in [0.1, 0.15) is 5.75 Å². The van der Waals surface area contributed by atoms with Crippen LogP contribution in [0.15, 0.2) is 61.2 Å². The Balaban J connectivity index is 1.62. The summed E-state index contributed by atoms with van der Waals surface area (Å²) in [5.74, 6) is 0.138. The molecule has 1 aliphatic rings. The molecule has 0 saturated heterocycles. The van der Waals surface area contributed by atoms with E-state index < -0.39 is 0 Å². The fourth-order valence-electron chi connectivity index (χ4n) is 3.39. The fraction of sp³-hybridized carbons (Fsp3) is 0.0952. The zero-order valence-corrected chi connectivity index (χ0v) is 14.7. The molecule has 1 unspecified atom stereocenters. The van der Waals surface area contributed by atoms with Gasteiger partial charge in [0.15, 0.2) is 5.65 Å². The van der Waals surface area contributed by atoms with Crippen LogP contribution in [-0.4, -0.2) is 30.7 Å². The van der Waals surface area contributed by atoms with Crippen molar-refractivity contribution in [3.63, 3.8) is 0 Å². The summed E-state index contributed by atoms with van der Waals surface area (Å²) in [4.78, 5) is 8.87. The molecule has 0 radical (unpaired) electrons. The van der Waals surface area contributed by atoms with Gasteiger partial charge in [0.25, 0.3) is 0 Å². The van der Waals surface area contributed by atoms with Crippen LogP contribution < -0.4 is 5.32 Å². The zero-order valence-electron chi connectivity index (χ0n) is 14.7. The van der Waals surface area contributed by atoms with E-state index >= 15 is 0 Å². The SMILES string of the molecule is CC1C=Cc2c(cccc2-c2cnn3cc(-c4ccc(O)cn4)cnc23)N1. The van der Waals surface area contributed by atoms with E-state index in [0.29, 0.717) is 6.04 Å². The van der Waals surface area contributed by atoms with Crippen molar-refractivity contribution >= 4 is 17.4 Å². The van der Waals surface area contributed by atoms with Gasteiger partial charge >= 0.3 is 0 Å². The number of aromatic hydroxyl groups is 1. The van der Waals surface area contributed by atoms with Gasteiger partial charge in [0.05, 0.1) is 18.1 Å². The molecule has 4 heterocycles. The molecule has 2 N–H and O–H groups in total. The van der Waals surface area contributed by atoms with Crippen molar-refractivity contribution < 1.29 is 5.11 Å². The van der Waals surface area contributed by atoms with Gasteiger partial charge in [0.2, 0.25) is 0 Å². The number of nitrogens with zero attached hydrogens (tertiary/aromatic N) is 4. The van der Waals surface area contributed by atoms with Gasteiger partial charge in [-0.1, -0.05) is 24.3 Å². The van der Waals surface area contributed by atoms with Crippen LogP contribution in [0.3, 0.4) is 0 Å². The number of anilines is 1. The Hall–Kier alpha value is -3.67. The van der Waals surface area contributed by atoms with Crippen molar-refractivity contribution in [2.24, 2.45) is 0 Å². The Morgan fingerprint density at radius 2 is 1.96 bits per heavy atom. The lowest BCUT2D eigenvalue weighted by molar-refractivity contribution is 0.473. The minimum absolute atomic E-state index is 0.138. The van der Waals surface area contributed by atoms with Gasteiger partial charge in [-0.3, -0.25) is 4.98 Å². The van der Waals surface area contributed by atoms with Crippen LogP contribution in [0.4, 0.5) is 5.69 Å². The van der Waals surface area contributed by atoms with E-state index in [9.17, 15) is 5.11 Å². The van der Waals surface area contributed by atoms with Gasteiger partial charge < -0.3 is 10.4 Å². The summed E-state index contributed by atoms with van der Waals surface area (Å²) in [7, 11) is 0. The first-order chi connectivity index (χ1) is 13.2. The minimum Gasteiger partial charge on any atom is -0.506 e. The molecule has 5 rings (SSSR count). The number of benzene rings is 1. The molecule has 6 nitrogen and oxygen atoms in total. The lowest BCUT2D eigenvalue weighted by Crippen LogP contribution is -2.15. The molecule has 27 heavy (non-hydrogen) atoms. The number of hydrogen-bond donors (Lipinski definition) is 2. The second kappa shape index (κ2) is 5.95. The molecular formula is C21H17N5O. The van der Waals surface area contributed by atoms with E-state index in [0.717, 1.165) is 39.3 Å². The van der Waals surface area contributed by atoms with Gasteiger partial charge in [-0.2, -0.15) is 5.10 Å². The topological polar surface area (TPSA) is 75.3 Å². The van der Waals surface area contributed by atoms with E-state index in [1.807, 2.05) is 18.5 Å². The van der Waals surface area contributed by atoms with Gasteiger partial charge in [-0.25, -0.2) is 9.50 Å². The number of aromatic nitrogens is 4. The van der Waals surface area contributed by atoms with E-state index in [2.05, 4.69) is 51.6 Å². The molecule has 1 aromatic carbocycles. The number of nitrogens with one attached hydrogen (secondary N) is 1. The average Bonchev–Trinajstić information content (AvgIpc) is 3.11. The Morgan fingerprint density at radius 3 is 2.81 bits per heavy atom. The van der Waals surface area contributed by atoms with E-state index in [4.69, 9.17) is 0 Å². The quantitative estimate of drug-likeness (QED) is 0.569. The van der Waals surface area contributed by atoms with Crippen LogP contribution in [0.1, 0.15) is 12.5 Å². The van der Waals surface area contributed by atoms with Crippen LogP contribution in [0, 0.1) is 0 Å². The molecule has 0 bridgehead atoms. The lowest BCUT2D eigenvalue weighted by atomic mass is 9.96. The van der Waals surface area contributed by atoms with Crippen LogP contribution in [0.2, 0.25) is 0 Å². The van der Waals surface area contributed by atoms with Gasteiger partial charge in [-0.15, -0.1) is 0 Å². The summed E-state index contributed by atoms with van der Waals surface area (Å²) in [6.07, 6.45) is 11.3. The number of fused-ring (bicyclic) bond motifs is 2. The first kappa shape index (κ1) is 15.6. The molecule has 6 heteroatoms. The van der Waals surface area contributed by atoms with Gasteiger partial charge in [-0.05, 0) is 30.7 Å². The summed E-state index contributed by atoms with van der Waals surface area (Å²) in [6.45, 7) is 2.13. The molecule has 4 aromatic rings. The smallest absolute Gasteiger partial charge is 0.162 e. The zero-order chi connectivity index (χ0) is 18.4. The highest BCUT2D eigenvalue weighted by Gasteiger charge is 2.17. The average molecular weight is 355 g/mol. The van der Waals surface area contributed by atoms with Crippen molar-refractivity contribution in [3.8, 4) is 28.1 Å². The molecule has 0 aliphatic carbocycles. The summed E-state index contributed by atoms with van der Waals surface area (Å²) in [5.41, 5.74) is 6.71. The normalized spacial score (nSPS) is 15.5. The third kappa shape index (κ3) is 2.62. The second-order valence-corrected chi connectivity index (χ2v) is 6.63. The fourth-order valence-corrected chi connectivity index (χ4v) is 3.39. The van der Waals surface area contributed by atoms with Gasteiger partial charge in [0, 0.05) is 40.8 Å². The Kier molecular flexibility index (Phi) is 3.43. The minimum atomic E-state index is 0.138. The molecule has 0 amide bonds. The Bertz CT molecular complexity index is 1180. The Labute approximate surface area is 155 Å². The monoisotopic (exact) mass is 355 g/mol. The third-order valence-electron chi connectivity index (χ3n) is 4.73. The highest BCUT2D eigenvalue weighted by Crippen LogP contribution is 2.35. The molecular weight excluding hydrogens is 338 g/mol. The van der Waals surface area contributed by atoms with Crippen molar-refractivity contribution in [2.45, 2.75) is 13.0 Å². The van der Waals surface area contributed by atoms with Crippen LogP contribution in [-0.2, 0) is 0 Å². The Morgan fingerprint density at radius 1 is 1.04 bits per heavy atom. The van der Waals surface area contributed by atoms with Crippen LogP contribution >= 0.6 is 0 Å². The number of rotatable bonds is 2. The molecule has 0 saturated carbocycles. The summed E-state index contributed by atoms with van der Waals surface area (Å²) < 4.78 is 1.77. The molecule has 132 valence electrons. The maximum absolute atomic E-state index is 9.41. The maximum atomic E-state index is 9.41. The highest BCUT2D eigenvalue weighted by molar-refractivity contribution is 5.89. The predicted octanol–water partition coefficient (Wildman–Crippen LogP) is 3.99. The molecule has 0 spiro atoms. The molecule has 1 aliphatic heterocycles. The van der Waals surface area contributed by atoms with Crippen LogP contribution in [0.25, 0.3) is 34.1 Å².